The molecule has 92 valence electrons. The van der Waals surface area contributed by atoms with Crippen molar-refractivity contribution in [3.05, 3.63) is 29.8 Å². The molecule has 1 unspecified atom stereocenters. The third-order valence-corrected chi connectivity index (χ3v) is 3.99. The first-order valence-electron chi connectivity index (χ1n) is 6.40. The maximum absolute atomic E-state index is 10.6. The summed E-state index contributed by atoms with van der Waals surface area (Å²) in [4.78, 5) is 4.55. The van der Waals surface area contributed by atoms with Gasteiger partial charge in [-0.25, -0.2) is 0 Å². The minimum Gasteiger partial charge on any atom is -0.387 e. The highest BCUT2D eigenvalue weighted by atomic mass is 16.3. The maximum atomic E-state index is 10.6. The molecule has 1 aromatic carbocycles. The molecule has 0 radical (unpaired) electrons. The number of rotatable bonds is 2. The first-order valence-corrected chi connectivity index (χ1v) is 6.40. The zero-order valence-corrected chi connectivity index (χ0v) is 10.4. The normalized spacial score (nSPS) is 28.7. The van der Waals surface area contributed by atoms with Gasteiger partial charge in [0, 0.05) is 31.9 Å². The molecule has 1 aromatic rings. The average Bonchev–Trinajstić information content (AvgIpc) is 2.85. The number of nitrogens with zero attached hydrogens (tertiary/aromatic N) is 2. The van der Waals surface area contributed by atoms with Gasteiger partial charge in [-0.05, 0) is 31.5 Å². The summed E-state index contributed by atoms with van der Waals surface area (Å²) >= 11 is 0. The van der Waals surface area contributed by atoms with E-state index in [9.17, 15) is 5.11 Å². The molecule has 2 heterocycles. The third-order valence-electron chi connectivity index (χ3n) is 3.99. The van der Waals surface area contributed by atoms with Crippen LogP contribution in [0.15, 0.2) is 24.3 Å². The van der Waals surface area contributed by atoms with Crippen LogP contribution in [-0.4, -0.2) is 48.8 Å². The molecule has 3 nitrogen and oxygen atoms in total. The zero-order chi connectivity index (χ0) is 11.9. The van der Waals surface area contributed by atoms with Crippen LogP contribution in [0.5, 0.6) is 0 Å². The molecule has 0 aliphatic carbocycles. The summed E-state index contributed by atoms with van der Waals surface area (Å²) < 4.78 is 0. The van der Waals surface area contributed by atoms with Crippen LogP contribution in [0.25, 0.3) is 0 Å². The van der Waals surface area contributed by atoms with Crippen LogP contribution in [0.1, 0.15) is 12.0 Å². The molecular weight excluding hydrogens is 212 g/mol. The number of fused-ring (bicyclic) bond motifs is 1. The first kappa shape index (κ1) is 11.1. The molecule has 1 atom stereocenters. The lowest BCUT2D eigenvalue weighted by Gasteiger charge is -2.30. The molecule has 2 aliphatic rings. The van der Waals surface area contributed by atoms with E-state index in [1.165, 1.54) is 11.3 Å². The van der Waals surface area contributed by atoms with Gasteiger partial charge >= 0.3 is 0 Å². The minimum atomic E-state index is -0.522. The fraction of sp³-hybridized carbons (Fsp3) is 0.571. The lowest BCUT2D eigenvalue weighted by atomic mass is 10.0. The summed E-state index contributed by atoms with van der Waals surface area (Å²) in [7, 11) is 2.08. The molecule has 2 aliphatic heterocycles. The summed E-state index contributed by atoms with van der Waals surface area (Å²) in [5, 5.41) is 10.6. The Labute approximate surface area is 103 Å². The molecule has 3 heteroatoms. The maximum Gasteiger partial charge on any atom is 0.0959 e. The number of aliphatic hydroxyl groups is 1. The van der Waals surface area contributed by atoms with Gasteiger partial charge in [0.2, 0.25) is 0 Å². The highest BCUT2D eigenvalue weighted by molar-refractivity contribution is 5.58. The van der Waals surface area contributed by atoms with Crippen molar-refractivity contribution in [3.63, 3.8) is 0 Å². The number of likely N-dealkylation sites (N-methyl/N-ethyl adjacent to an activating group) is 1. The number of benzene rings is 1. The Hall–Kier alpha value is -1.06. The van der Waals surface area contributed by atoms with Gasteiger partial charge in [0.05, 0.1) is 5.60 Å². The second kappa shape index (κ2) is 4.00. The Bertz CT molecular complexity index is 420. The quantitative estimate of drug-likeness (QED) is 0.827. The van der Waals surface area contributed by atoms with E-state index in [1.54, 1.807) is 0 Å². The van der Waals surface area contributed by atoms with E-state index in [0.29, 0.717) is 0 Å². The van der Waals surface area contributed by atoms with Crippen molar-refractivity contribution in [2.75, 3.05) is 38.1 Å². The Morgan fingerprint density at radius 3 is 2.88 bits per heavy atom. The predicted molar refractivity (Wildman–Crippen MR) is 69.4 cm³/mol. The van der Waals surface area contributed by atoms with E-state index in [-0.39, 0.29) is 0 Å². The number of para-hydroxylation sites is 1. The molecule has 0 bridgehead atoms. The molecule has 0 amide bonds. The highest BCUT2D eigenvalue weighted by Crippen LogP contribution is 2.30. The first-order chi connectivity index (χ1) is 8.16. The fourth-order valence-corrected chi connectivity index (χ4v) is 3.11. The predicted octanol–water partition coefficient (Wildman–Crippen LogP) is 1.12. The van der Waals surface area contributed by atoms with E-state index in [0.717, 1.165) is 39.0 Å². The molecule has 17 heavy (non-hydrogen) atoms. The number of likely N-dealkylation sites (tertiary alicyclic amines) is 1. The van der Waals surface area contributed by atoms with Crippen molar-refractivity contribution < 1.29 is 5.11 Å². The van der Waals surface area contributed by atoms with Crippen LogP contribution >= 0.6 is 0 Å². The lowest BCUT2D eigenvalue weighted by molar-refractivity contribution is 0.0592. The number of β-amino-alcohol motifs (C(OH)–C–C–N with tert-alkyl or cyclic N) is 1. The second-order valence-corrected chi connectivity index (χ2v) is 5.51. The van der Waals surface area contributed by atoms with Gasteiger partial charge in [-0.1, -0.05) is 18.2 Å². The minimum absolute atomic E-state index is 0.522. The van der Waals surface area contributed by atoms with E-state index in [1.807, 2.05) is 0 Å². The highest BCUT2D eigenvalue weighted by Gasteiger charge is 2.37. The Morgan fingerprint density at radius 1 is 1.29 bits per heavy atom. The smallest absolute Gasteiger partial charge is 0.0959 e. The van der Waals surface area contributed by atoms with Crippen molar-refractivity contribution in [3.8, 4) is 0 Å². The van der Waals surface area contributed by atoms with Crippen molar-refractivity contribution >= 4 is 5.69 Å². The summed E-state index contributed by atoms with van der Waals surface area (Å²) in [5.41, 5.74) is 2.21. The van der Waals surface area contributed by atoms with Crippen molar-refractivity contribution in [1.29, 1.82) is 0 Å². The van der Waals surface area contributed by atoms with E-state index in [4.69, 9.17) is 0 Å². The van der Waals surface area contributed by atoms with Crippen molar-refractivity contribution in [1.82, 2.24) is 4.90 Å². The van der Waals surface area contributed by atoms with Gasteiger partial charge in [-0.15, -0.1) is 0 Å². The van der Waals surface area contributed by atoms with Gasteiger partial charge in [-0.2, -0.15) is 0 Å². The number of hydrogen-bond acceptors (Lipinski definition) is 3. The topological polar surface area (TPSA) is 26.7 Å². The van der Waals surface area contributed by atoms with Crippen LogP contribution in [-0.2, 0) is 6.42 Å². The summed E-state index contributed by atoms with van der Waals surface area (Å²) in [5.74, 6) is 0. The molecular formula is C14H20N2O. The van der Waals surface area contributed by atoms with Crippen molar-refractivity contribution in [2.24, 2.45) is 0 Å². The second-order valence-electron chi connectivity index (χ2n) is 5.51. The van der Waals surface area contributed by atoms with Gasteiger partial charge in [0.1, 0.15) is 0 Å². The zero-order valence-electron chi connectivity index (χ0n) is 10.4. The Kier molecular flexibility index (Phi) is 2.60. The van der Waals surface area contributed by atoms with Crippen LogP contribution in [0.4, 0.5) is 5.69 Å². The molecule has 3 rings (SSSR count). The fourth-order valence-electron chi connectivity index (χ4n) is 3.11. The molecule has 1 fully saturated rings. The molecule has 1 saturated heterocycles. The number of anilines is 1. The summed E-state index contributed by atoms with van der Waals surface area (Å²) in [6.07, 6.45) is 2.00. The molecule has 0 saturated carbocycles. The van der Waals surface area contributed by atoms with Gasteiger partial charge in [-0.3, -0.25) is 0 Å². The van der Waals surface area contributed by atoms with E-state index < -0.39 is 5.60 Å². The molecule has 1 N–H and O–H groups in total. The SMILES string of the molecule is CN1CCC(O)(CN2CCc3ccccc32)C1. The van der Waals surface area contributed by atoms with E-state index in [2.05, 4.69) is 41.1 Å². The Morgan fingerprint density at radius 2 is 2.12 bits per heavy atom. The Balaban J connectivity index is 1.75. The number of hydrogen-bond donors (Lipinski definition) is 1. The van der Waals surface area contributed by atoms with Crippen LogP contribution in [0.3, 0.4) is 0 Å². The van der Waals surface area contributed by atoms with Crippen LogP contribution < -0.4 is 4.90 Å². The average molecular weight is 232 g/mol. The largest absolute Gasteiger partial charge is 0.387 e. The molecule has 0 aromatic heterocycles. The summed E-state index contributed by atoms with van der Waals surface area (Å²) in [6, 6.07) is 8.55. The van der Waals surface area contributed by atoms with Gasteiger partial charge in [0.15, 0.2) is 0 Å². The van der Waals surface area contributed by atoms with Gasteiger partial charge < -0.3 is 14.9 Å². The standard InChI is InChI=1S/C14H20N2O/c1-15-9-7-14(17,10-15)11-16-8-6-12-4-2-3-5-13(12)16/h2-5,17H,6-11H2,1H3. The van der Waals surface area contributed by atoms with E-state index >= 15 is 0 Å². The summed E-state index contributed by atoms with van der Waals surface area (Å²) in [6.45, 7) is 3.62. The van der Waals surface area contributed by atoms with Crippen LogP contribution in [0, 0.1) is 0 Å². The van der Waals surface area contributed by atoms with Crippen molar-refractivity contribution in [2.45, 2.75) is 18.4 Å². The van der Waals surface area contributed by atoms with Gasteiger partial charge in [0.25, 0.3) is 0 Å². The monoisotopic (exact) mass is 232 g/mol. The third kappa shape index (κ3) is 2.05. The lowest BCUT2D eigenvalue weighted by Crippen LogP contribution is -2.44. The van der Waals surface area contributed by atoms with Crippen LogP contribution in [0.2, 0.25) is 0 Å². The molecule has 0 spiro atoms.